The lowest BCUT2D eigenvalue weighted by molar-refractivity contribution is 0.0965. The van der Waals surface area contributed by atoms with Crippen LogP contribution in [0.25, 0.3) is 17.3 Å². The first-order chi connectivity index (χ1) is 16.5. The standard InChI is InChI=1S/C25H24FN6O2/c1-32-9-6-15(7-10-32)19-4-3-18(12-20(19)26)30-23-22-16(5-8-27-24(22)33)11-21(31-23)17-13-28-25(34-2)29-14-17/h3-5,8,11-15H,6-7,9-10H2,1-2H3,(H,30,31). The molecule has 1 amide bonds. The number of likely N-dealkylation sites (tertiary alicyclic amines) is 1. The summed E-state index contributed by atoms with van der Waals surface area (Å²) in [7, 11) is 3.58. The van der Waals surface area contributed by atoms with Gasteiger partial charge in [-0.15, -0.1) is 0 Å². The van der Waals surface area contributed by atoms with Crippen molar-refractivity contribution >= 4 is 23.5 Å². The lowest BCUT2D eigenvalue weighted by atomic mass is 9.89. The Kier molecular flexibility index (Phi) is 5.93. The van der Waals surface area contributed by atoms with Gasteiger partial charge >= 0.3 is 6.01 Å². The monoisotopic (exact) mass is 459 g/mol. The van der Waals surface area contributed by atoms with Crippen LogP contribution in [-0.2, 0) is 0 Å². The number of fused-ring (bicyclic) bond motifs is 1. The number of carbonyl (C=O) groups excluding carboxylic acids is 1. The summed E-state index contributed by atoms with van der Waals surface area (Å²) in [6.07, 6.45) is 8.26. The molecule has 0 atom stereocenters. The van der Waals surface area contributed by atoms with Crippen LogP contribution in [-0.4, -0.2) is 53.0 Å². The number of nitrogens with one attached hydrogen (secondary N) is 1. The Hall–Kier alpha value is -3.85. The maximum Gasteiger partial charge on any atom is 0.316 e. The highest BCUT2D eigenvalue weighted by Crippen LogP contribution is 2.33. The minimum absolute atomic E-state index is 0.208. The van der Waals surface area contributed by atoms with Gasteiger partial charge in [-0.3, -0.25) is 4.79 Å². The number of nitrogens with zero attached hydrogens (tertiary/aromatic N) is 5. The lowest BCUT2D eigenvalue weighted by Gasteiger charge is -2.29. The number of carbonyl (C=O) groups is 1. The van der Waals surface area contributed by atoms with Gasteiger partial charge in [0.2, 0.25) is 0 Å². The van der Waals surface area contributed by atoms with E-state index < -0.39 is 5.91 Å². The zero-order valence-electron chi connectivity index (χ0n) is 19.0. The fraction of sp³-hybridized carbons (Fsp3) is 0.280. The maximum atomic E-state index is 15.1. The van der Waals surface area contributed by atoms with Crippen LogP contribution in [0.3, 0.4) is 0 Å². The third kappa shape index (κ3) is 4.34. The zero-order valence-corrected chi connectivity index (χ0v) is 19.0. The van der Waals surface area contributed by atoms with Gasteiger partial charge in [-0.1, -0.05) is 6.07 Å². The molecule has 0 aliphatic carbocycles. The second-order valence-corrected chi connectivity index (χ2v) is 8.47. The average Bonchev–Trinajstić information content (AvgIpc) is 2.85. The number of pyridine rings is 1. The van der Waals surface area contributed by atoms with E-state index in [-0.39, 0.29) is 17.7 Å². The minimum atomic E-state index is -0.409. The molecule has 0 saturated carbocycles. The third-order valence-electron chi connectivity index (χ3n) is 6.24. The van der Waals surface area contributed by atoms with Crippen molar-refractivity contribution in [3.63, 3.8) is 0 Å². The van der Waals surface area contributed by atoms with Gasteiger partial charge in [0.1, 0.15) is 11.6 Å². The number of anilines is 2. The van der Waals surface area contributed by atoms with Crippen LogP contribution < -0.4 is 15.4 Å². The summed E-state index contributed by atoms with van der Waals surface area (Å²) in [5.41, 5.74) is 3.44. The summed E-state index contributed by atoms with van der Waals surface area (Å²) in [5.74, 6) is -0.162. The molecule has 173 valence electrons. The van der Waals surface area contributed by atoms with Crippen molar-refractivity contribution < 1.29 is 13.9 Å². The summed E-state index contributed by atoms with van der Waals surface area (Å²) in [6, 6.07) is 7.14. The molecule has 3 aromatic rings. The van der Waals surface area contributed by atoms with Gasteiger partial charge in [0, 0.05) is 29.8 Å². The Morgan fingerprint density at radius 3 is 2.62 bits per heavy atom. The summed E-state index contributed by atoms with van der Waals surface area (Å²) in [4.78, 5) is 27.7. The van der Waals surface area contributed by atoms with Crippen LogP contribution in [0.2, 0.25) is 0 Å². The minimum Gasteiger partial charge on any atom is -0.467 e. The quantitative estimate of drug-likeness (QED) is 0.617. The molecule has 34 heavy (non-hydrogen) atoms. The van der Waals surface area contributed by atoms with E-state index in [0.29, 0.717) is 33.9 Å². The van der Waals surface area contributed by atoms with Crippen molar-refractivity contribution in [2.24, 2.45) is 0 Å². The largest absolute Gasteiger partial charge is 0.467 e. The summed E-state index contributed by atoms with van der Waals surface area (Å²) < 4.78 is 20.1. The van der Waals surface area contributed by atoms with Crippen molar-refractivity contribution in [1.82, 2.24) is 25.2 Å². The number of benzene rings is 1. The van der Waals surface area contributed by atoms with Crippen molar-refractivity contribution in [3.05, 3.63) is 65.4 Å². The third-order valence-corrected chi connectivity index (χ3v) is 6.24. The van der Waals surface area contributed by atoms with Crippen LogP contribution in [0.4, 0.5) is 15.9 Å². The van der Waals surface area contributed by atoms with Gasteiger partial charge < -0.3 is 15.0 Å². The first kappa shape index (κ1) is 22.0. The molecule has 5 rings (SSSR count). The molecular weight excluding hydrogens is 435 g/mol. The van der Waals surface area contributed by atoms with Crippen molar-refractivity contribution in [2.75, 3.05) is 32.6 Å². The molecule has 9 heteroatoms. The zero-order chi connectivity index (χ0) is 23.7. The van der Waals surface area contributed by atoms with E-state index in [9.17, 15) is 4.79 Å². The molecule has 2 aliphatic heterocycles. The van der Waals surface area contributed by atoms with Crippen molar-refractivity contribution in [2.45, 2.75) is 18.8 Å². The Balaban J connectivity index is 1.48. The number of ether oxygens (including phenoxy) is 1. The molecule has 2 aromatic heterocycles. The normalized spacial score (nSPS) is 16.1. The van der Waals surface area contributed by atoms with Gasteiger partial charge in [0.15, 0.2) is 0 Å². The number of amides is 1. The lowest BCUT2D eigenvalue weighted by Crippen LogP contribution is -2.29. The number of halogens is 1. The van der Waals surface area contributed by atoms with Gasteiger partial charge in [-0.05, 0) is 74.3 Å². The van der Waals surface area contributed by atoms with Crippen LogP contribution >= 0.6 is 0 Å². The SMILES string of the molecule is COc1ncc(-c2cc3c(c(Nc4ccc(C5CCN(C)CC5)c(F)c4)n2)C(=O)[N]C=C3)cn1. The first-order valence-electron chi connectivity index (χ1n) is 11.1. The van der Waals surface area contributed by atoms with E-state index in [1.54, 1.807) is 24.5 Å². The molecule has 0 bridgehead atoms. The summed E-state index contributed by atoms with van der Waals surface area (Å²) in [5, 5.41) is 7.01. The highest BCUT2D eigenvalue weighted by Gasteiger charge is 2.24. The fourth-order valence-corrected chi connectivity index (χ4v) is 4.36. The van der Waals surface area contributed by atoms with E-state index in [0.717, 1.165) is 31.5 Å². The van der Waals surface area contributed by atoms with Crippen LogP contribution in [0.15, 0.2) is 42.9 Å². The molecule has 4 heterocycles. The Bertz CT molecular complexity index is 1250. The topological polar surface area (TPSA) is 94.3 Å². The van der Waals surface area contributed by atoms with E-state index in [1.807, 2.05) is 12.1 Å². The van der Waals surface area contributed by atoms with E-state index in [1.165, 1.54) is 19.4 Å². The van der Waals surface area contributed by atoms with E-state index >= 15 is 4.39 Å². The number of aromatic nitrogens is 3. The molecule has 1 aromatic carbocycles. The summed E-state index contributed by atoms with van der Waals surface area (Å²) >= 11 is 0. The number of rotatable bonds is 5. The number of hydrogen-bond donors (Lipinski definition) is 1. The molecule has 8 nitrogen and oxygen atoms in total. The second-order valence-electron chi connectivity index (χ2n) is 8.47. The highest BCUT2D eigenvalue weighted by atomic mass is 19.1. The van der Waals surface area contributed by atoms with E-state index in [4.69, 9.17) is 4.74 Å². The molecule has 0 spiro atoms. The number of methoxy groups -OCH3 is 1. The Labute approximate surface area is 196 Å². The first-order valence-corrected chi connectivity index (χ1v) is 11.1. The molecule has 1 fully saturated rings. The van der Waals surface area contributed by atoms with Crippen molar-refractivity contribution in [1.29, 1.82) is 0 Å². The van der Waals surface area contributed by atoms with Crippen LogP contribution in [0, 0.1) is 5.82 Å². The molecule has 1 N–H and O–H groups in total. The van der Waals surface area contributed by atoms with Gasteiger partial charge in [0.05, 0.1) is 18.4 Å². The van der Waals surface area contributed by atoms with Crippen LogP contribution in [0.1, 0.15) is 40.2 Å². The van der Waals surface area contributed by atoms with Gasteiger partial charge in [-0.25, -0.2) is 24.7 Å². The van der Waals surface area contributed by atoms with E-state index in [2.05, 4.69) is 37.5 Å². The molecule has 0 unspecified atom stereocenters. The molecular formula is C25H24FN6O2. The Morgan fingerprint density at radius 2 is 1.91 bits per heavy atom. The smallest absolute Gasteiger partial charge is 0.316 e. The van der Waals surface area contributed by atoms with Gasteiger partial charge in [0.25, 0.3) is 5.91 Å². The number of hydrogen-bond acceptors (Lipinski definition) is 7. The van der Waals surface area contributed by atoms with Crippen molar-refractivity contribution in [3.8, 4) is 17.3 Å². The predicted molar refractivity (Wildman–Crippen MR) is 126 cm³/mol. The Morgan fingerprint density at radius 1 is 1.15 bits per heavy atom. The predicted octanol–water partition coefficient (Wildman–Crippen LogP) is 3.97. The number of piperidine rings is 1. The maximum absolute atomic E-state index is 15.1. The fourth-order valence-electron chi connectivity index (χ4n) is 4.36. The highest BCUT2D eigenvalue weighted by molar-refractivity contribution is 6.05. The van der Waals surface area contributed by atoms with Gasteiger partial charge in [-0.2, -0.15) is 0 Å². The summed E-state index contributed by atoms with van der Waals surface area (Å²) in [6.45, 7) is 1.92. The molecule has 1 radical (unpaired) electrons. The molecule has 1 saturated heterocycles. The second kappa shape index (κ2) is 9.18. The molecule has 2 aliphatic rings. The average molecular weight is 460 g/mol. The van der Waals surface area contributed by atoms with Crippen LogP contribution in [0.5, 0.6) is 6.01 Å².